The Morgan fingerprint density at radius 3 is 2.48 bits per heavy atom. The molecule has 2 aromatic heterocycles. The lowest BCUT2D eigenvalue weighted by Crippen LogP contribution is -2.15. The summed E-state index contributed by atoms with van der Waals surface area (Å²) >= 11 is 0. The second-order valence-corrected chi connectivity index (χ2v) is 5.14. The fourth-order valence-corrected chi connectivity index (χ4v) is 2.04. The molecule has 0 radical (unpaired) electrons. The van der Waals surface area contributed by atoms with Crippen molar-refractivity contribution in [3.05, 3.63) is 64.2 Å². The zero-order valence-corrected chi connectivity index (χ0v) is 12.7. The van der Waals surface area contributed by atoms with Crippen LogP contribution in [0.4, 0.5) is 11.4 Å². The molecule has 0 spiro atoms. The lowest BCUT2D eigenvalue weighted by Gasteiger charge is -1.99. The van der Waals surface area contributed by atoms with E-state index in [9.17, 15) is 9.90 Å². The number of aryl methyl sites for hydroxylation is 2. The lowest BCUT2D eigenvalue weighted by atomic mass is 10.3. The third-order valence-corrected chi connectivity index (χ3v) is 3.28. The summed E-state index contributed by atoms with van der Waals surface area (Å²) in [7, 11) is 0. The average Bonchev–Trinajstić information content (AvgIpc) is 2.82. The number of rotatable bonds is 3. The van der Waals surface area contributed by atoms with Crippen molar-refractivity contribution in [3.63, 3.8) is 0 Å². The molecule has 23 heavy (non-hydrogen) atoms. The third kappa shape index (κ3) is 3.03. The molecule has 7 heteroatoms. The molecule has 2 heterocycles. The van der Waals surface area contributed by atoms with Crippen molar-refractivity contribution >= 4 is 11.4 Å². The summed E-state index contributed by atoms with van der Waals surface area (Å²) < 4.78 is 1.33. The zero-order valence-electron chi connectivity index (χ0n) is 12.7. The van der Waals surface area contributed by atoms with Gasteiger partial charge in [-0.2, -0.15) is 9.80 Å². The number of benzene rings is 1. The molecular formula is C16H15N5O2. The molecule has 3 aromatic rings. The smallest absolute Gasteiger partial charge is 0.300 e. The maximum atomic E-state index is 12.4. The highest BCUT2D eigenvalue weighted by atomic mass is 16.3. The molecule has 2 N–H and O–H groups in total. The summed E-state index contributed by atoms with van der Waals surface area (Å²) in [6, 6.07) is 9.87. The van der Waals surface area contributed by atoms with E-state index in [1.807, 2.05) is 13.0 Å². The number of pyridine rings is 1. The number of H-pyrrole nitrogens is 1. The average molecular weight is 309 g/mol. The number of phenolic OH excluding ortho intramolecular Hbond substituents is 1. The predicted molar refractivity (Wildman–Crippen MR) is 85.9 cm³/mol. The van der Waals surface area contributed by atoms with Crippen LogP contribution in [-0.2, 0) is 0 Å². The van der Waals surface area contributed by atoms with Gasteiger partial charge in [-0.15, -0.1) is 5.11 Å². The van der Waals surface area contributed by atoms with Crippen LogP contribution in [0.15, 0.2) is 57.6 Å². The number of aromatic amines is 1. The second-order valence-electron chi connectivity index (χ2n) is 5.14. The third-order valence-electron chi connectivity index (χ3n) is 3.28. The van der Waals surface area contributed by atoms with Crippen molar-refractivity contribution in [3.8, 4) is 11.6 Å². The predicted octanol–water partition coefficient (Wildman–Crippen LogP) is 3.30. The summed E-state index contributed by atoms with van der Waals surface area (Å²) in [5, 5.41) is 20.2. The van der Waals surface area contributed by atoms with Crippen LogP contribution in [0.5, 0.6) is 5.75 Å². The van der Waals surface area contributed by atoms with E-state index in [1.165, 1.54) is 16.8 Å². The molecule has 0 saturated heterocycles. The fourth-order valence-electron chi connectivity index (χ4n) is 2.04. The van der Waals surface area contributed by atoms with E-state index in [0.717, 1.165) is 5.56 Å². The van der Waals surface area contributed by atoms with E-state index >= 15 is 0 Å². The first kappa shape index (κ1) is 14.7. The monoisotopic (exact) mass is 309 g/mol. The minimum Gasteiger partial charge on any atom is -0.508 e. The first-order valence-corrected chi connectivity index (χ1v) is 7.00. The highest BCUT2D eigenvalue weighted by molar-refractivity contribution is 5.44. The Morgan fingerprint density at radius 2 is 1.83 bits per heavy atom. The number of nitrogens with zero attached hydrogens (tertiary/aromatic N) is 4. The molecule has 0 saturated carbocycles. The lowest BCUT2D eigenvalue weighted by molar-refractivity contribution is 0.475. The van der Waals surface area contributed by atoms with Crippen LogP contribution in [0.1, 0.15) is 11.3 Å². The van der Waals surface area contributed by atoms with Gasteiger partial charge in [-0.25, -0.2) is 4.98 Å². The van der Waals surface area contributed by atoms with Gasteiger partial charge in [0.15, 0.2) is 11.5 Å². The Balaban J connectivity index is 1.96. The van der Waals surface area contributed by atoms with Crippen molar-refractivity contribution in [1.82, 2.24) is 14.8 Å². The van der Waals surface area contributed by atoms with Gasteiger partial charge in [-0.1, -0.05) is 6.07 Å². The Kier molecular flexibility index (Phi) is 3.76. The molecule has 7 nitrogen and oxygen atoms in total. The largest absolute Gasteiger partial charge is 0.508 e. The quantitative estimate of drug-likeness (QED) is 0.726. The highest BCUT2D eigenvalue weighted by Crippen LogP contribution is 2.20. The van der Waals surface area contributed by atoms with Gasteiger partial charge in [-0.05, 0) is 49.7 Å². The number of hydrogen-bond acceptors (Lipinski definition) is 5. The summed E-state index contributed by atoms with van der Waals surface area (Å²) in [5.41, 5.74) is 2.06. The van der Waals surface area contributed by atoms with E-state index in [1.54, 1.807) is 31.3 Å². The van der Waals surface area contributed by atoms with Crippen LogP contribution in [0.3, 0.4) is 0 Å². The van der Waals surface area contributed by atoms with Crippen LogP contribution in [0.25, 0.3) is 5.82 Å². The fraction of sp³-hybridized carbons (Fsp3) is 0.125. The topological polar surface area (TPSA) is 95.6 Å². The maximum Gasteiger partial charge on any atom is 0.300 e. The molecule has 0 unspecified atom stereocenters. The van der Waals surface area contributed by atoms with Crippen molar-refractivity contribution in [1.29, 1.82) is 0 Å². The van der Waals surface area contributed by atoms with Crippen LogP contribution >= 0.6 is 0 Å². The Hall–Kier alpha value is -3.22. The minimum absolute atomic E-state index is 0.148. The van der Waals surface area contributed by atoms with Crippen LogP contribution in [-0.4, -0.2) is 19.9 Å². The van der Waals surface area contributed by atoms with Crippen molar-refractivity contribution in [2.45, 2.75) is 13.8 Å². The highest BCUT2D eigenvalue weighted by Gasteiger charge is 2.12. The van der Waals surface area contributed by atoms with Gasteiger partial charge in [0.05, 0.1) is 11.4 Å². The molecule has 116 valence electrons. The van der Waals surface area contributed by atoms with Gasteiger partial charge < -0.3 is 5.11 Å². The van der Waals surface area contributed by atoms with E-state index in [2.05, 4.69) is 20.3 Å². The van der Waals surface area contributed by atoms with E-state index in [0.29, 0.717) is 17.2 Å². The number of nitrogens with one attached hydrogen (secondary N) is 1. The normalized spacial score (nSPS) is 11.2. The van der Waals surface area contributed by atoms with Gasteiger partial charge in [0.2, 0.25) is 0 Å². The van der Waals surface area contributed by atoms with Crippen molar-refractivity contribution in [2.75, 3.05) is 0 Å². The molecule has 1 aromatic carbocycles. The molecule has 0 aliphatic rings. The number of aromatic nitrogens is 3. The first-order valence-electron chi connectivity index (χ1n) is 7.00. The van der Waals surface area contributed by atoms with Crippen molar-refractivity contribution in [2.24, 2.45) is 10.2 Å². The summed E-state index contributed by atoms with van der Waals surface area (Å²) in [6.07, 6.45) is 1.69. The molecule has 0 aliphatic carbocycles. The molecule has 0 fully saturated rings. The van der Waals surface area contributed by atoms with Gasteiger partial charge >= 0.3 is 5.56 Å². The summed E-state index contributed by atoms with van der Waals surface area (Å²) in [5.74, 6) is 0.643. The zero-order chi connectivity index (χ0) is 16.4. The molecule has 0 atom stereocenters. The Labute approximate surface area is 132 Å². The standard InChI is InChI=1S/C16H15N5O2/c1-10-3-8-14(17-9-10)21-16(23)15(11(2)20-21)19-18-12-4-6-13(22)7-5-12/h3-9,20,22H,1-2H3. The second kappa shape index (κ2) is 5.88. The van der Waals surface area contributed by atoms with E-state index < -0.39 is 0 Å². The van der Waals surface area contributed by atoms with Crippen molar-refractivity contribution < 1.29 is 5.11 Å². The SMILES string of the molecule is Cc1ccc(-n2[nH]c(C)c(N=Nc3ccc(O)cc3)c2=O)nc1. The Bertz CT molecular complexity index is 905. The van der Waals surface area contributed by atoms with Crippen LogP contribution in [0.2, 0.25) is 0 Å². The van der Waals surface area contributed by atoms with Gasteiger partial charge in [0.1, 0.15) is 5.75 Å². The van der Waals surface area contributed by atoms with Crippen LogP contribution < -0.4 is 5.56 Å². The number of aromatic hydroxyl groups is 1. The van der Waals surface area contributed by atoms with E-state index in [4.69, 9.17) is 0 Å². The van der Waals surface area contributed by atoms with Crippen LogP contribution in [0, 0.1) is 13.8 Å². The minimum atomic E-state index is -0.318. The summed E-state index contributed by atoms with van der Waals surface area (Å²) in [6.45, 7) is 3.67. The molecular weight excluding hydrogens is 294 g/mol. The number of hydrogen-bond donors (Lipinski definition) is 2. The van der Waals surface area contributed by atoms with E-state index in [-0.39, 0.29) is 17.0 Å². The molecule has 3 rings (SSSR count). The Morgan fingerprint density at radius 1 is 1.09 bits per heavy atom. The first-order chi connectivity index (χ1) is 11.0. The summed E-state index contributed by atoms with van der Waals surface area (Å²) in [4.78, 5) is 16.7. The molecule has 0 bridgehead atoms. The van der Waals surface area contributed by atoms with Gasteiger partial charge in [-0.3, -0.25) is 9.89 Å². The van der Waals surface area contributed by atoms with Gasteiger partial charge in [0.25, 0.3) is 0 Å². The molecule has 0 aliphatic heterocycles. The number of phenols is 1. The maximum absolute atomic E-state index is 12.4. The number of azo groups is 1. The molecule has 0 amide bonds. The van der Waals surface area contributed by atoms with Gasteiger partial charge in [0, 0.05) is 6.20 Å².